The van der Waals surface area contributed by atoms with E-state index >= 15 is 0 Å². The van der Waals surface area contributed by atoms with Gasteiger partial charge in [-0.1, -0.05) is 43.7 Å². The Hall–Kier alpha value is -3.15. The minimum Gasteiger partial charge on any atom is -0.398 e. The lowest BCUT2D eigenvalue weighted by Gasteiger charge is -2.14. The van der Waals surface area contributed by atoms with Gasteiger partial charge in [0, 0.05) is 29.3 Å². The number of para-hydroxylation sites is 1. The highest BCUT2D eigenvalue weighted by Gasteiger charge is 2.12. The first-order chi connectivity index (χ1) is 13.0. The Morgan fingerprint density at radius 2 is 1.89 bits per heavy atom. The zero-order valence-corrected chi connectivity index (χ0v) is 15.3. The number of nitrogen functional groups attached to an aromatic ring is 2. The molecule has 3 rings (SSSR count). The van der Waals surface area contributed by atoms with Gasteiger partial charge < -0.3 is 11.5 Å². The first-order valence-corrected chi connectivity index (χ1v) is 8.99. The van der Waals surface area contributed by atoms with Crippen LogP contribution in [0.15, 0.2) is 53.3 Å². The maximum Gasteiger partial charge on any atom is 0.255 e. The fraction of sp³-hybridized carbons (Fsp3) is 0.238. The molecule has 0 atom stereocenters. The maximum absolute atomic E-state index is 14.7. The van der Waals surface area contributed by atoms with Gasteiger partial charge in [0.15, 0.2) is 0 Å². The third kappa shape index (κ3) is 4.16. The number of aryl methyl sites for hydroxylation is 1. The van der Waals surface area contributed by atoms with E-state index in [1.54, 1.807) is 12.1 Å². The number of rotatable bonds is 6. The van der Waals surface area contributed by atoms with Crippen LogP contribution in [-0.4, -0.2) is 9.55 Å². The van der Waals surface area contributed by atoms with Crippen molar-refractivity contribution < 1.29 is 4.39 Å². The summed E-state index contributed by atoms with van der Waals surface area (Å²) in [6.45, 7) is 2.17. The van der Waals surface area contributed by atoms with Crippen LogP contribution in [-0.2, 0) is 13.0 Å². The molecule has 0 bridgehead atoms. The van der Waals surface area contributed by atoms with Crippen molar-refractivity contribution in [2.45, 2.75) is 32.7 Å². The van der Waals surface area contributed by atoms with E-state index in [1.807, 2.05) is 24.3 Å². The minimum atomic E-state index is -0.388. The van der Waals surface area contributed by atoms with Gasteiger partial charge >= 0.3 is 0 Å². The Balaban J connectivity index is 1.95. The summed E-state index contributed by atoms with van der Waals surface area (Å²) in [7, 11) is 0. The second kappa shape index (κ2) is 8.03. The summed E-state index contributed by atoms with van der Waals surface area (Å²) >= 11 is 0. The van der Waals surface area contributed by atoms with Crippen molar-refractivity contribution in [1.82, 2.24) is 9.55 Å². The molecule has 2 aromatic carbocycles. The SMILES string of the molecule is CCCCc1nc(N)cc(=O)n1Cc1ccc(-c2ccccc2N)cc1F. The third-order valence-electron chi connectivity index (χ3n) is 4.51. The molecule has 1 aromatic heterocycles. The van der Waals surface area contributed by atoms with Gasteiger partial charge in [-0.2, -0.15) is 0 Å². The predicted molar refractivity (Wildman–Crippen MR) is 107 cm³/mol. The van der Waals surface area contributed by atoms with Gasteiger partial charge in [0.25, 0.3) is 5.56 Å². The van der Waals surface area contributed by atoms with E-state index in [0.29, 0.717) is 29.1 Å². The normalized spacial score (nSPS) is 10.9. The zero-order valence-electron chi connectivity index (χ0n) is 15.3. The van der Waals surface area contributed by atoms with Crippen LogP contribution >= 0.6 is 0 Å². The van der Waals surface area contributed by atoms with Crippen LogP contribution in [0.1, 0.15) is 31.2 Å². The van der Waals surface area contributed by atoms with Crippen LogP contribution in [0.3, 0.4) is 0 Å². The quantitative estimate of drug-likeness (QED) is 0.653. The summed E-state index contributed by atoms with van der Waals surface area (Å²) in [5.41, 5.74) is 13.9. The Kier molecular flexibility index (Phi) is 5.54. The van der Waals surface area contributed by atoms with E-state index in [4.69, 9.17) is 11.5 Å². The number of nitrogens with two attached hydrogens (primary N) is 2. The van der Waals surface area contributed by atoms with Crippen molar-refractivity contribution in [3.8, 4) is 11.1 Å². The molecule has 0 spiro atoms. The molecule has 0 aliphatic carbocycles. The Bertz CT molecular complexity index is 1010. The summed E-state index contributed by atoms with van der Waals surface area (Å²) in [4.78, 5) is 16.7. The van der Waals surface area contributed by atoms with Crippen LogP contribution in [0, 0.1) is 5.82 Å². The highest BCUT2D eigenvalue weighted by molar-refractivity contribution is 5.76. The van der Waals surface area contributed by atoms with Gasteiger partial charge in [-0.3, -0.25) is 9.36 Å². The van der Waals surface area contributed by atoms with E-state index in [2.05, 4.69) is 11.9 Å². The van der Waals surface area contributed by atoms with Crippen molar-refractivity contribution in [2.75, 3.05) is 11.5 Å². The number of hydrogen-bond acceptors (Lipinski definition) is 4. The summed E-state index contributed by atoms with van der Waals surface area (Å²) in [6.07, 6.45) is 2.47. The molecule has 0 fully saturated rings. The summed E-state index contributed by atoms with van der Waals surface area (Å²) in [5, 5.41) is 0. The number of nitrogens with zero attached hydrogens (tertiary/aromatic N) is 2. The predicted octanol–water partition coefficient (Wildman–Crippen LogP) is 3.60. The molecule has 0 unspecified atom stereocenters. The number of halogens is 1. The molecule has 0 saturated carbocycles. The second-order valence-electron chi connectivity index (χ2n) is 6.52. The standard InChI is InChI=1S/C21H23FN4O/c1-2-3-8-20-25-19(24)12-21(27)26(20)13-15-10-9-14(11-17(15)22)16-6-4-5-7-18(16)23/h4-7,9-12H,2-3,8,13,23-24H2,1H3. The fourth-order valence-corrected chi connectivity index (χ4v) is 3.04. The lowest BCUT2D eigenvalue weighted by molar-refractivity contribution is 0.580. The summed E-state index contributed by atoms with van der Waals surface area (Å²) < 4.78 is 16.2. The summed E-state index contributed by atoms with van der Waals surface area (Å²) in [6, 6.07) is 13.5. The zero-order chi connectivity index (χ0) is 19.4. The molecular weight excluding hydrogens is 343 g/mol. The van der Waals surface area contributed by atoms with Crippen LogP contribution in [0.25, 0.3) is 11.1 Å². The molecule has 3 aromatic rings. The van der Waals surface area contributed by atoms with Crippen LogP contribution in [0.2, 0.25) is 0 Å². The smallest absolute Gasteiger partial charge is 0.255 e. The summed E-state index contributed by atoms with van der Waals surface area (Å²) in [5.74, 6) is 0.385. The maximum atomic E-state index is 14.7. The molecule has 1 heterocycles. The van der Waals surface area contributed by atoms with Gasteiger partial charge in [-0.15, -0.1) is 0 Å². The largest absolute Gasteiger partial charge is 0.398 e. The van der Waals surface area contributed by atoms with Gasteiger partial charge in [0.05, 0.1) is 6.54 Å². The fourth-order valence-electron chi connectivity index (χ4n) is 3.04. The molecule has 27 heavy (non-hydrogen) atoms. The van der Waals surface area contributed by atoms with Crippen molar-refractivity contribution >= 4 is 11.5 Å². The van der Waals surface area contributed by atoms with E-state index in [1.165, 1.54) is 16.7 Å². The monoisotopic (exact) mass is 366 g/mol. The highest BCUT2D eigenvalue weighted by atomic mass is 19.1. The minimum absolute atomic E-state index is 0.113. The molecular formula is C21H23FN4O. The van der Waals surface area contributed by atoms with Crippen molar-refractivity contribution in [2.24, 2.45) is 0 Å². The van der Waals surface area contributed by atoms with Crippen molar-refractivity contribution in [1.29, 1.82) is 0 Å². The third-order valence-corrected chi connectivity index (χ3v) is 4.51. The van der Waals surface area contributed by atoms with Gasteiger partial charge in [0.2, 0.25) is 0 Å². The molecule has 0 amide bonds. The number of benzene rings is 2. The molecule has 0 aliphatic rings. The number of hydrogen-bond donors (Lipinski definition) is 2. The average Bonchev–Trinajstić information content (AvgIpc) is 2.64. The van der Waals surface area contributed by atoms with Gasteiger partial charge in [-0.25, -0.2) is 9.37 Å². The van der Waals surface area contributed by atoms with Crippen LogP contribution in [0.4, 0.5) is 15.9 Å². The first kappa shape index (κ1) is 18.6. The Labute approximate surface area is 157 Å². The number of unbranched alkanes of at least 4 members (excludes halogenated alkanes) is 1. The molecule has 0 radical (unpaired) electrons. The Morgan fingerprint density at radius 1 is 1.11 bits per heavy atom. The lowest BCUT2D eigenvalue weighted by atomic mass is 10.0. The van der Waals surface area contributed by atoms with Crippen LogP contribution < -0.4 is 17.0 Å². The van der Waals surface area contributed by atoms with E-state index < -0.39 is 0 Å². The van der Waals surface area contributed by atoms with Gasteiger partial charge in [-0.05, 0) is 24.1 Å². The molecule has 140 valence electrons. The van der Waals surface area contributed by atoms with Crippen molar-refractivity contribution in [3.63, 3.8) is 0 Å². The molecule has 0 saturated heterocycles. The highest BCUT2D eigenvalue weighted by Crippen LogP contribution is 2.27. The van der Waals surface area contributed by atoms with E-state index in [-0.39, 0.29) is 23.7 Å². The molecule has 6 heteroatoms. The topological polar surface area (TPSA) is 86.9 Å². The molecule has 0 aliphatic heterocycles. The van der Waals surface area contributed by atoms with Gasteiger partial charge in [0.1, 0.15) is 17.5 Å². The average molecular weight is 366 g/mol. The van der Waals surface area contributed by atoms with Crippen LogP contribution in [0.5, 0.6) is 0 Å². The Morgan fingerprint density at radius 3 is 2.59 bits per heavy atom. The van der Waals surface area contributed by atoms with E-state index in [0.717, 1.165) is 18.4 Å². The number of aromatic nitrogens is 2. The van der Waals surface area contributed by atoms with E-state index in [9.17, 15) is 9.18 Å². The molecule has 5 nitrogen and oxygen atoms in total. The molecule has 4 N–H and O–H groups in total. The number of anilines is 2. The lowest BCUT2D eigenvalue weighted by Crippen LogP contribution is -2.26. The van der Waals surface area contributed by atoms with Crippen molar-refractivity contribution in [3.05, 3.63) is 76.1 Å². The first-order valence-electron chi connectivity index (χ1n) is 8.99. The second-order valence-corrected chi connectivity index (χ2v) is 6.52.